The lowest BCUT2D eigenvalue weighted by Crippen LogP contribution is -2.36. The van der Waals surface area contributed by atoms with Crippen LogP contribution in [-0.2, 0) is 10.0 Å². The molecule has 0 N–H and O–H groups in total. The zero-order chi connectivity index (χ0) is 12.3. The first kappa shape index (κ1) is 13.4. The van der Waals surface area contributed by atoms with Crippen LogP contribution in [0.3, 0.4) is 0 Å². The zero-order valence-corrected chi connectivity index (χ0v) is 10.6. The highest BCUT2D eigenvalue weighted by Crippen LogP contribution is 2.17. The molecule has 1 rings (SSSR count). The molecule has 0 aromatic heterocycles. The summed E-state index contributed by atoms with van der Waals surface area (Å²) in [5, 5.41) is 0. The Kier molecular flexibility index (Phi) is 4.29. The van der Waals surface area contributed by atoms with Crippen LogP contribution in [0.1, 0.15) is 6.92 Å². The SMILES string of the molecule is CC(CCl)N(C)S(=O)(=O)c1ccc(F)cc1. The number of alkyl halides is 1. The Bertz CT molecular complexity index is 446. The summed E-state index contributed by atoms with van der Waals surface area (Å²) in [6.07, 6.45) is 0. The molecule has 0 amide bonds. The molecule has 90 valence electrons. The molecule has 0 radical (unpaired) electrons. The molecule has 1 atom stereocenters. The van der Waals surface area contributed by atoms with Crippen molar-refractivity contribution in [3.05, 3.63) is 30.1 Å². The van der Waals surface area contributed by atoms with Gasteiger partial charge in [0, 0.05) is 19.0 Å². The molecule has 0 spiro atoms. The topological polar surface area (TPSA) is 37.4 Å². The van der Waals surface area contributed by atoms with Crippen LogP contribution in [-0.4, -0.2) is 31.7 Å². The first-order valence-electron chi connectivity index (χ1n) is 4.69. The summed E-state index contributed by atoms with van der Waals surface area (Å²) in [5.74, 6) is -0.260. The van der Waals surface area contributed by atoms with E-state index in [1.165, 1.54) is 23.5 Å². The zero-order valence-electron chi connectivity index (χ0n) is 9.02. The first-order valence-corrected chi connectivity index (χ1v) is 6.66. The summed E-state index contributed by atoms with van der Waals surface area (Å²) in [6, 6.07) is 4.40. The highest BCUT2D eigenvalue weighted by Gasteiger charge is 2.24. The number of hydrogen-bond donors (Lipinski definition) is 0. The standard InChI is InChI=1S/C10H13ClFNO2S/c1-8(7-11)13(2)16(14,15)10-5-3-9(12)4-6-10/h3-6,8H,7H2,1-2H3. The molecule has 0 saturated carbocycles. The van der Waals surface area contributed by atoms with E-state index in [9.17, 15) is 12.8 Å². The van der Waals surface area contributed by atoms with Crippen molar-refractivity contribution in [1.29, 1.82) is 0 Å². The normalized spacial score (nSPS) is 14.1. The van der Waals surface area contributed by atoms with Gasteiger partial charge in [-0.05, 0) is 31.2 Å². The quantitative estimate of drug-likeness (QED) is 0.782. The Morgan fingerprint density at radius 1 is 1.38 bits per heavy atom. The van der Waals surface area contributed by atoms with Crippen LogP contribution in [0.4, 0.5) is 4.39 Å². The smallest absolute Gasteiger partial charge is 0.207 e. The summed E-state index contributed by atoms with van der Waals surface area (Å²) in [5.41, 5.74) is 0. The fraction of sp³-hybridized carbons (Fsp3) is 0.400. The van der Waals surface area contributed by atoms with Gasteiger partial charge in [-0.15, -0.1) is 11.6 Å². The minimum absolute atomic E-state index is 0.0633. The second kappa shape index (κ2) is 5.12. The maximum absolute atomic E-state index is 12.7. The van der Waals surface area contributed by atoms with Crippen molar-refractivity contribution >= 4 is 21.6 Å². The maximum atomic E-state index is 12.7. The fourth-order valence-electron chi connectivity index (χ4n) is 1.11. The molecule has 0 fully saturated rings. The van der Waals surface area contributed by atoms with E-state index in [-0.39, 0.29) is 16.8 Å². The molecule has 6 heteroatoms. The van der Waals surface area contributed by atoms with Gasteiger partial charge in [-0.3, -0.25) is 0 Å². The van der Waals surface area contributed by atoms with Crippen molar-refractivity contribution in [2.75, 3.05) is 12.9 Å². The van der Waals surface area contributed by atoms with Crippen molar-refractivity contribution in [1.82, 2.24) is 4.31 Å². The first-order chi connectivity index (χ1) is 7.39. The summed E-state index contributed by atoms with van der Waals surface area (Å²) < 4.78 is 37.8. The molecular formula is C10H13ClFNO2S. The second-order valence-electron chi connectivity index (χ2n) is 3.48. The summed E-state index contributed by atoms with van der Waals surface area (Å²) in [7, 11) is -2.13. The number of rotatable bonds is 4. The number of sulfonamides is 1. The molecule has 0 aliphatic carbocycles. The third-order valence-electron chi connectivity index (χ3n) is 2.33. The van der Waals surface area contributed by atoms with Crippen molar-refractivity contribution < 1.29 is 12.8 Å². The second-order valence-corrected chi connectivity index (χ2v) is 5.78. The van der Waals surface area contributed by atoms with Crippen molar-refractivity contribution in [3.63, 3.8) is 0 Å². The Labute approximate surface area is 99.9 Å². The van der Waals surface area contributed by atoms with Gasteiger partial charge in [0.1, 0.15) is 5.82 Å². The lowest BCUT2D eigenvalue weighted by Gasteiger charge is -2.22. The Hall–Kier alpha value is -0.650. The third-order valence-corrected chi connectivity index (χ3v) is 4.77. The van der Waals surface area contributed by atoms with Crippen molar-refractivity contribution in [2.45, 2.75) is 17.9 Å². The van der Waals surface area contributed by atoms with Crippen LogP contribution in [0.15, 0.2) is 29.2 Å². The minimum Gasteiger partial charge on any atom is -0.207 e. The molecule has 1 aromatic carbocycles. The summed E-state index contributed by atoms with van der Waals surface area (Å²) >= 11 is 5.60. The number of hydrogen-bond acceptors (Lipinski definition) is 2. The lowest BCUT2D eigenvalue weighted by atomic mass is 10.4. The van der Waals surface area contributed by atoms with Gasteiger partial charge >= 0.3 is 0 Å². The van der Waals surface area contributed by atoms with Gasteiger partial charge in [0.05, 0.1) is 4.90 Å². The lowest BCUT2D eigenvalue weighted by molar-refractivity contribution is 0.413. The Morgan fingerprint density at radius 3 is 2.31 bits per heavy atom. The summed E-state index contributed by atoms with van der Waals surface area (Å²) in [4.78, 5) is 0.0633. The van der Waals surface area contributed by atoms with E-state index < -0.39 is 15.8 Å². The van der Waals surface area contributed by atoms with Crippen molar-refractivity contribution in [3.8, 4) is 0 Å². The van der Waals surface area contributed by atoms with Crippen molar-refractivity contribution in [2.24, 2.45) is 0 Å². The average molecular weight is 266 g/mol. The van der Waals surface area contributed by atoms with Crippen LogP contribution in [0.2, 0.25) is 0 Å². The molecule has 0 saturated heterocycles. The monoisotopic (exact) mass is 265 g/mol. The molecular weight excluding hydrogens is 253 g/mol. The van der Waals surface area contributed by atoms with Gasteiger partial charge in [-0.2, -0.15) is 4.31 Å². The number of benzene rings is 1. The third kappa shape index (κ3) is 2.72. The molecule has 3 nitrogen and oxygen atoms in total. The van der Waals surface area contributed by atoms with Crippen LogP contribution >= 0.6 is 11.6 Å². The molecule has 0 heterocycles. The van der Waals surface area contributed by atoms with Gasteiger partial charge < -0.3 is 0 Å². The van der Waals surface area contributed by atoms with Crippen LogP contribution in [0.5, 0.6) is 0 Å². The molecule has 0 bridgehead atoms. The van der Waals surface area contributed by atoms with Gasteiger partial charge in [0.2, 0.25) is 10.0 Å². The summed E-state index contributed by atoms with van der Waals surface area (Å²) in [6.45, 7) is 1.70. The Balaban J connectivity index is 3.07. The molecule has 1 unspecified atom stereocenters. The van der Waals surface area contributed by atoms with E-state index in [2.05, 4.69) is 0 Å². The van der Waals surface area contributed by atoms with Gasteiger partial charge in [-0.25, -0.2) is 12.8 Å². The predicted molar refractivity (Wildman–Crippen MR) is 61.5 cm³/mol. The highest BCUT2D eigenvalue weighted by atomic mass is 35.5. The van der Waals surface area contributed by atoms with E-state index in [1.54, 1.807) is 6.92 Å². The molecule has 16 heavy (non-hydrogen) atoms. The fourth-order valence-corrected chi connectivity index (χ4v) is 2.76. The highest BCUT2D eigenvalue weighted by molar-refractivity contribution is 7.89. The molecule has 0 aliphatic heterocycles. The molecule has 1 aromatic rings. The van der Waals surface area contributed by atoms with E-state index in [4.69, 9.17) is 11.6 Å². The van der Waals surface area contributed by atoms with Crippen LogP contribution < -0.4 is 0 Å². The van der Waals surface area contributed by atoms with Crippen LogP contribution in [0.25, 0.3) is 0 Å². The predicted octanol–water partition coefficient (Wildman–Crippen LogP) is 2.07. The van der Waals surface area contributed by atoms with E-state index >= 15 is 0 Å². The van der Waals surface area contributed by atoms with E-state index in [1.807, 2.05) is 0 Å². The minimum atomic E-state index is -3.58. The van der Waals surface area contributed by atoms with E-state index in [0.29, 0.717) is 0 Å². The number of halogens is 2. The largest absolute Gasteiger partial charge is 0.243 e. The molecule has 0 aliphatic rings. The van der Waals surface area contributed by atoms with Gasteiger partial charge in [0.15, 0.2) is 0 Å². The maximum Gasteiger partial charge on any atom is 0.243 e. The number of nitrogens with zero attached hydrogens (tertiary/aromatic N) is 1. The average Bonchev–Trinajstić information content (AvgIpc) is 2.27. The van der Waals surface area contributed by atoms with Gasteiger partial charge in [-0.1, -0.05) is 0 Å². The van der Waals surface area contributed by atoms with Gasteiger partial charge in [0.25, 0.3) is 0 Å². The Morgan fingerprint density at radius 2 is 1.88 bits per heavy atom. The van der Waals surface area contributed by atoms with Crippen LogP contribution in [0, 0.1) is 5.82 Å². The van der Waals surface area contributed by atoms with E-state index in [0.717, 1.165) is 12.1 Å².